The van der Waals surface area contributed by atoms with Gasteiger partial charge in [-0.15, -0.1) is 0 Å². The molecule has 3 N–H and O–H groups in total. The van der Waals surface area contributed by atoms with E-state index in [-0.39, 0.29) is 12.5 Å². The van der Waals surface area contributed by atoms with E-state index in [0.29, 0.717) is 6.42 Å². The highest BCUT2D eigenvalue weighted by molar-refractivity contribution is 5.76. The van der Waals surface area contributed by atoms with Crippen molar-refractivity contribution in [2.24, 2.45) is 0 Å². The number of carbonyl (C=O) groups excluding carboxylic acids is 1. The Bertz CT molecular complexity index is 1590. The molecule has 0 fully saturated rings. The maximum Gasteiger partial charge on any atom is 0.220 e. The summed E-state index contributed by atoms with van der Waals surface area (Å²) < 4.78 is 0. The molecule has 424 valence electrons. The molecule has 1 amide bonds. The molecule has 75 heavy (non-hydrogen) atoms. The zero-order valence-corrected chi connectivity index (χ0v) is 48.8. The smallest absolute Gasteiger partial charge is 0.220 e. The Hall–Kier alpha value is -3.99. The number of carbonyl (C=O) groups is 1. The zero-order valence-electron chi connectivity index (χ0n) is 48.8. The van der Waals surface area contributed by atoms with Crippen LogP contribution in [-0.2, 0) is 4.79 Å². The molecule has 2 atom stereocenters. The van der Waals surface area contributed by atoms with Crippen molar-refractivity contribution in [3.05, 3.63) is 158 Å². The summed E-state index contributed by atoms with van der Waals surface area (Å²) in [5, 5.41) is 23.2. The number of allylic oxidation sites excluding steroid dienone is 25. The molecule has 4 heteroatoms. The minimum atomic E-state index is -0.862. The van der Waals surface area contributed by atoms with Gasteiger partial charge in [0.2, 0.25) is 5.91 Å². The summed E-state index contributed by atoms with van der Waals surface area (Å²) in [5.74, 6) is -0.0928. The van der Waals surface area contributed by atoms with E-state index in [2.05, 4.69) is 165 Å². The second-order valence-corrected chi connectivity index (χ2v) is 20.4. The SMILES string of the molecule is CC/C=C\C/C=C\C/C=C\C/C=C\C/C=C\C/C=C\C/C=C\C/C=C\C/C=C\C/C=C\C/C=C\C/C=C\CCCCCCC(=O)NC(CO)C(O)/C=C/CCCCCCCCCCCCCCCCCCCCCC. The van der Waals surface area contributed by atoms with E-state index in [1.807, 2.05) is 6.08 Å². The average Bonchev–Trinajstić information content (AvgIpc) is 3.41. The molecule has 0 saturated heterocycles. The van der Waals surface area contributed by atoms with E-state index in [4.69, 9.17) is 0 Å². The largest absolute Gasteiger partial charge is 0.394 e. The van der Waals surface area contributed by atoms with E-state index in [9.17, 15) is 15.0 Å². The number of unbranched alkanes of at least 4 members (excludes halogenated alkanes) is 24. The van der Waals surface area contributed by atoms with Gasteiger partial charge in [-0.05, 0) is 109 Å². The number of amides is 1. The molecule has 0 saturated carbocycles. The molecular formula is C71H117NO3. The topological polar surface area (TPSA) is 69.6 Å². The van der Waals surface area contributed by atoms with Crippen LogP contribution in [0.4, 0.5) is 0 Å². The molecule has 0 bridgehead atoms. The molecule has 0 aliphatic rings. The van der Waals surface area contributed by atoms with Gasteiger partial charge in [0.15, 0.2) is 0 Å². The van der Waals surface area contributed by atoms with Crippen LogP contribution in [0.5, 0.6) is 0 Å². The van der Waals surface area contributed by atoms with Gasteiger partial charge in [0.25, 0.3) is 0 Å². The van der Waals surface area contributed by atoms with Crippen LogP contribution in [0.25, 0.3) is 0 Å². The monoisotopic (exact) mass is 1030 g/mol. The number of hydrogen-bond acceptors (Lipinski definition) is 3. The average molecular weight is 1030 g/mol. The lowest BCUT2D eigenvalue weighted by molar-refractivity contribution is -0.123. The normalized spacial score (nSPS) is 13.9. The van der Waals surface area contributed by atoms with Gasteiger partial charge < -0.3 is 15.5 Å². The summed E-state index contributed by atoms with van der Waals surface area (Å²) >= 11 is 0. The Morgan fingerprint density at radius 2 is 0.587 bits per heavy atom. The zero-order chi connectivity index (χ0) is 54.1. The minimum Gasteiger partial charge on any atom is -0.394 e. The maximum absolute atomic E-state index is 12.5. The van der Waals surface area contributed by atoms with Crippen molar-refractivity contribution in [2.45, 2.75) is 276 Å². The summed E-state index contributed by atoms with van der Waals surface area (Å²) in [5.41, 5.74) is 0. The Morgan fingerprint density at radius 3 is 0.880 bits per heavy atom. The summed E-state index contributed by atoms with van der Waals surface area (Å²) in [7, 11) is 0. The Labute approximate surface area is 465 Å². The van der Waals surface area contributed by atoms with E-state index >= 15 is 0 Å². The first-order valence-corrected chi connectivity index (χ1v) is 31.2. The van der Waals surface area contributed by atoms with Crippen molar-refractivity contribution < 1.29 is 15.0 Å². The van der Waals surface area contributed by atoms with Crippen molar-refractivity contribution in [1.82, 2.24) is 5.32 Å². The lowest BCUT2D eigenvalue weighted by atomic mass is 10.0. The van der Waals surface area contributed by atoms with Crippen LogP contribution in [0.2, 0.25) is 0 Å². The number of aliphatic hydroxyl groups excluding tert-OH is 2. The van der Waals surface area contributed by atoms with Crippen LogP contribution in [0, 0.1) is 0 Å². The summed E-state index contributed by atoms with van der Waals surface area (Å²) in [6.45, 7) is 4.19. The lowest BCUT2D eigenvalue weighted by Crippen LogP contribution is -2.45. The molecule has 0 rings (SSSR count). The van der Waals surface area contributed by atoms with Gasteiger partial charge >= 0.3 is 0 Å². The molecule has 2 unspecified atom stereocenters. The Balaban J connectivity index is 3.68. The molecule has 0 aliphatic carbocycles. The fraction of sp³-hybridized carbons (Fsp3) is 0.620. The van der Waals surface area contributed by atoms with Crippen molar-refractivity contribution in [3.8, 4) is 0 Å². The van der Waals surface area contributed by atoms with Gasteiger partial charge in [0, 0.05) is 6.42 Å². The second kappa shape index (κ2) is 64.3. The Morgan fingerprint density at radius 1 is 0.333 bits per heavy atom. The van der Waals surface area contributed by atoms with E-state index in [1.165, 1.54) is 122 Å². The van der Waals surface area contributed by atoms with E-state index in [0.717, 1.165) is 122 Å². The molecule has 0 radical (unpaired) electrons. The first-order valence-electron chi connectivity index (χ1n) is 31.2. The van der Waals surface area contributed by atoms with Gasteiger partial charge in [-0.1, -0.05) is 307 Å². The van der Waals surface area contributed by atoms with Gasteiger partial charge in [-0.2, -0.15) is 0 Å². The van der Waals surface area contributed by atoms with Crippen molar-refractivity contribution in [3.63, 3.8) is 0 Å². The molecule has 4 nitrogen and oxygen atoms in total. The van der Waals surface area contributed by atoms with Gasteiger partial charge in [0.1, 0.15) is 0 Å². The highest BCUT2D eigenvalue weighted by atomic mass is 16.3. The van der Waals surface area contributed by atoms with Gasteiger partial charge in [-0.3, -0.25) is 4.79 Å². The Kier molecular flexibility index (Phi) is 60.9. The quantitative estimate of drug-likeness (QED) is 0.0420. The summed E-state index contributed by atoms with van der Waals surface area (Å²) in [4.78, 5) is 12.5. The highest BCUT2D eigenvalue weighted by Crippen LogP contribution is 2.16. The first kappa shape index (κ1) is 71.0. The third-order valence-electron chi connectivity index (χ3n) is 13.3. The van der Waals surface area contributed by atoms with Crippen LogP contribution in [0.15, 0.2) is 158 Å². The molecule has 0 aromatic heterocycles. The molecule has 0 spiro atoms. The van der Waals surface area contributed by atoms with Crippen molar-refractivity contribution in [2.75, 3.05) is 6.61 Å². The number of aliphatic hydroxyl groups is 2. The molecular weight excluding hydrogens is 915 g/mol. The predicted octanol–water partition coefficient (Wildman–Crippen LogP) is 21.3. The number of rotatable bonds is 55. The van der Waals surface area contributed by atoms with E-state index in [1.54, 1.807) is 6.08 Å². The first-order chi connectivity index (χ1) is 37.2. The van der Waals surface area contributed by atoms with Crippen molar-refractivity contribution >= 4 is 5.91 Å². The van der Waals surface area contributed by atoms with Gasteiger partial charge in [-0.25, -0.2) is 0 Å². The van der Waals surface area contributed by atoms with Crippen LogP contribution in [-0.4, -0.2) is 34.9 Å². The van der Waals surface area contributed by atoms with Crippen LogP contribution < -0.4 is 5.32 Å². The fourth-order valence-corrected chi connectivity index (χ4v) is 8.57. The standard InChI is InChI=1S/C71H117NO3/c1-3-5-7-9-11-13-15-17-19-21-23-25-27-28-29-30-31-32-33-34-35-36-37-38-39-40-41-42-43-44-45-47-49-51-53-55-57-59-61-63-65-67-71(75)72-69(68-73)70(74)66-64-62-60-58-56-54-52-50-48-46-26-24-22-20-18-16-14-12-10-8-6-4-2/h5,7,11,13,17,19,23,25,28-29,31-32,34-35,37-38,40-41,43-44,47,49,53,55,64,66,69-70,73-74H,3-4,6,8-10,12,14-16,18,20-22,24,26-27,30,33,36,39,42,45-46,48,50-52,54,56-63,65,67-68H2,1-2H3,(H,72,75)/b7-5-,13-11-,19-17-,25-23-,29-28-,32-31-,35-34-,38-37-,41-40-,44-43-,49-47-,55-53-,66-64+. The minimum absolute atomic E-state index is 0.0928. The maximum atomic E-state index is 12.5. The van der Waals surface area contributed by atoms with Crippen LogP contribution in [0.3, 0.4) is 0 Å². The number of nitrogens with one attached hydrogen (secondary N) is 1. The second-order valence-electron chi connectivity index (χ2n) is 20.4. The predicted molar refractivity (Wildman–Crippen MR) is 335 cm³/mol. The highest BCUT2D eigenvalue weighted by Gasteiger charge is 2.18. The van der Waals surface area contributed by atoms with Gasteiger partial charge in [0.05, 0.1) is 18.8 Å². The van der Waals surface area contributed by atoms with Crippen LogP contribution in [0.1, 0.15) is 264 Å². The number of hydrogen-bond donors (Lipinski definition) is 3. The third kappa shape index (κ3) is 60.7. The van der Waals surface area contributed by atoms with Crippen molar-refractivity contribution in [1.29, 1.82) is 0 Å². The molecule has 0 aromatic rings. The van der Waals surface area contributed by atoms with Crippen LogP contribution >= 0.6 is 0 Å². The van der Waals surface area contributed by atoms with E-state index < -0.39 is 12.1 Å². The summed E-state index contributed by atoms with van der Waals surface area (Å²) in [6.07, 6.45) is 103. The molecule has 0 heterocycles. The molecule has 0 aliphatic heterocycles. The lowest BCUT2D eigenvalue weighted by Gasteiger charge is -2.20. The summed E-state index contributed by atoms with van der Waals surface area (Å²) in [6, 6.07) is -0.649. The molecule has 0 aromatic carbocycles. The third-order valence-corrected chi connectivity index (χ3v) is 13.3. The fourth-order valence-electron chi connectivity index (χ4n) is 8.57.